The molecular weight excluding hydrogens is 299 g/mol. The van der Waals surface area contributed by atoms with Crippen LogP contribution in [0.2, 0.25) is 0 Å². The molecule has 2 amide bonds. The van der Waals surface area contributed by atoms with Crippen LogP contribution < -0.4 is 14.8 Å². The SMILES string of the molecule is COc1cccc(NC(=O)N(C)CCOc2ccccc2F)c1. The Morgan fingerprint density at radius 2 is 2.00 bits per heavy atom. The third kappa shape index (κ3) is 4.88. The molecule has 23 heavy (non-hydrogen) atoms. The van der Waals surface area contributed by atoms with Gasteiger partial charge < -0.3 is 19.7 Å². The Morgan fingerprint density at radius 1 is 1.22 bits per heavy atom. The zero-order valence-electron chi connectivity index (χ0n) is 13.1. The first kappa shape index (κ1) is 16.6. The lowest BCUT2D eigenvalue weighted by molar-refractivity contribution is 0.206. The number of hydrogen-bond acceptors (Lipinski definition) is 3. The van der Waals surface area contributed by atoms with Gasteiger partial charge in [0, 0.05) is 18.8 Å². The highest BCUT2D eigenvalue weighted by Crippen LogP contribution is 2.17. The summed E-state index contributed by atoms with van der Waals surface area (Å²) in [6.07, 6.45) is 0. The summed E-state index contributed by atoms with van der Waals surface area (Å²) in [5.41, 5.74) is 0.635. The van der Waals surface area contributed by atoms with Gasteiger partial charge in [0.2, 0.25) is 0 Å². The van der Waals surface area contributed by atoms with Crippen molar-refractivity contribution < 1.29 is 18.7 Å². The molecule has 0 fully saturated rings. The zero-order chi connectivity index (χ0) is 16.7. The van der Waals surface area contributed by atoms with Gasteiger partial charge in [-0.05, 0) is 24.3 Å². The fourth-order valence-electron chi connectivity index (χ4n) is 1.88. The van der Waals surface area contributed by atoms with Gasteiger partial charge in [-0.2, -0.15) is 0 Å². The fourth-order valence-corrected chi connectivity index (χ4v) is 1.88. The number of carbonyl (C=O) groups is 1. The van der Waals surface area contributed by atoms with Gasteiger partial charge in [-0.15, -0.1) is 0 Å². The molecule has 0 aliphatic rings. The van der Waals surface area contributed by atoms with Gasteiger partial charge in [0.25, 0.3) is 0 Å². The average molecular weight is 318 g/mol. The molecule has 0 aliphatic heterocycles. The van der Waals surface area contributed by atoms with Gasteiger partial charge in [-0.1, -0.05) is 18.2 Å². The molecule has 122 valence electrons. The number of carbonyl (C=O) groups excluding carboxylic acids is 1. The zero-order valence-corrected chi connectivity index (χ0v) is 13.1. The number of nitrogens with zero attached hydrogens (tertiary/aromatic N) is 1. The van der Waals surface area contributed by atoms with E-state index in [0.717, 1.165) is 0 Å². The van der Waals surface area contributed by atoms with Crippen LogP contribution in [0.15, 0.2) is 48.5 Å². The first-order chi connectivity index (χ1) is 11.1. The summed E-state index contributed by atoms with van der Waals surface area (Å²) in [6.45, 7) is 0.521. The first-order valence-corrected chi connectivity index (χ1v) is 7.13. The quantitative estimate of drug-likeness (QED) is 0.888. The van der Waals surface area contributed by atoms with E-state index in [2.05, 4.69) is 5.32 Å². The molecule has 0 unspecified atom stereocenters. The number of para-hydroxylation sites is 1. The minimum atomic E-state index is -0.420. The van der Waals surface area contributed by atoms with E-state index in [1.54, 1.807) is 56.6 Å². The predicted molar refractivity (Wildman–Crippen MR) is 86.5 cm³/mol. The van der Waals surface area contributed by atoms with Crippen molar-refractivity contribution in [2.75, 3.05) is 32.6 Å². The van der Waals surface area contributed by atoms with E-state index in [1.807, 2.05) is 0 Å². The molecule has 6 heteroatoms. The van der Waals surface area contributed by atoms with Crippen LogP contribution in [-0.4, -0.2) is 38.2 Å². The lowest BCUT2D eigenvalue weighted by atomic mass is 10.3. The highest BCUT2D eigenvalue weighted by atomic mass is 19.1. The number of amides is 2. The van der Waals surface area contributed by atoms with E-state index >= 15 is 0 Å². The second-order valence-corrected chi connectivity index (χ2v) is 4.86. The minimum absolute atomic E-state index is 0.175. The number of halogens is 1. The third-order valence-corrected chi connectivity index (χ3v) is 3.19. The van der Waals surface area contributed by atoms with E-state index in [9.17, 15) is 9.18 Å². The molecule has 0 saturated heterocycles. The Balaban J connectivity index is 1.82. The summed E-state index contributed by atoms with van der Waals surface area (Å²) >= 11 is 0. The van der Waals surface area contributed by atoms with Gasteiger partial charge in [0.15, 0.2) is 11.6 Å². The number of likely N-dealkylation sites (N-methyl/N-ethyl adjacent to an activating group) is 1. The third-order valence-electron chi connectivity index (χ3n) is 3.19. The van der Waals surface area contributed by atoms with E-state index in [0.29, 0.717) is 18.0 Å². The van der Waals surface area contributed by atoms with Crippen molar-refractivity contribution in [3.63, 3.8) is 0 Å². The largest absolute Gasteiger partial charge is 0.497 e. The van der Waals surface area contributed by atoms with Crippen molar-refractivity contribution in [1.29, 1.82) is 0 Å². The number of ether oxygens (including phenoxy) is 2. The Hall–Kier alpha value is -2.76. The standard InChI is InChI=1S/C17H19FN2O3/c1-20(10-11-23-16-9-4-3-8-15(16)18)17(21)19-13-6-5-7-14(12-13)22-2/h3-9,12H,10-11H2,1-2H3,(H,19,21). The van der Waals surface area contributed by atoms with E-state index in [4.69, 9.17) is 9.47 Å². The van der Waals surface area contributed by atoms with Crippen molar-refractivity contribution in [3.8, 4) is 11.5 Å². The molecule has 0 bridgehead atoms. The topological polar surface area (TPSA) is 50.8 Å². The van der Waals surface area contributed by atoms with Crippen LogP contribution in [0, 0.1) is 5.82 Å². The monoisotopic (exact) mass is 318 g/mol. The molecule has 0 radical (unpaired) electrons. The second kappa shape index (κ2) is 8.03. The van der Waals surface area contributed by atoms with Crippen molar-refractivity contribution in [2.24, 2.45) is 0 Å². The summed E-state index contributed by atoms with van der Waals surface area (Å²) in [5, 5.41) is 2.75. The first-order valence-electron chi connectivity index (χ1n) is 7.13. The number of rotatable bonds is 6. The minimum Gasteiger partial charge on any atom is -0.497 e. The molecule has 0 atom stereocenters. The number of urea groups is 1. The summed E-state index contributed by atoms with van der Waals surface area (Å²) in [4.78, 5) is 13.5. The molecule has 0 aliphatic carbocycles. The molecule has 0 saturated carbocycles. The lowest BCUT2D eigenvalue weighted by Gasteiger charge is -2.18. The van der Waals surface area contributed by atoms with Gasteiger partial charge in [0.05, 0.1) is 13.7 Å². The summed E-state index contributed by atoms with van der Waals surface area (Å²) < 4.78 is 23.8. The average Bonchev–Trinajstić information content (AvgIpc) is 2.56. The maximum atomic E-state index is 13.4. The molecule has 2 aromatic rings. The second-order valence-electron chi connectivity index (χ2n) is 4.86. The Labute approximate surface area is 134 Å². The molecule has 1 N–H and O–H groups in total. The highest BCUT2D eigenvalue weighted by molar-refractivity contribution is 5.89. The summed E-state index contributed by atoms with van der Waals surface area (Å²) in [5.74, 6) is 0.415. The number of hydrogen-bond donors (Lipinski definition) is 1. The Morgan fingerprint density at radius 3 is 2.74 bits per heavy atom. The number of benzene rings is 2. The Bertz CT molecular complexity index is 664. The van der Waals surface area contributed by atoms with Crippen LogP contribution in [-0.2, 0) is 0 Å². The van der Waals surface area contributed by atoms with Crippen molar-refractivity contribution >= 4 is 11.7 Å². The van der Waals surface area contributed by atoms with Crippen LogP contribution in [0.4, 0.5) is 14.9 Å². The highest BCUT2D eigenvalue weighted by Gasteiger charge is 2.10. The smallest absolute Gasteiger partial charge is 0.321 e. The van der Waals surface area contributed by atoms with Gasteiger partial charge in [0.1, 0.15) is 12.4 Å². The van der Waals surface area contributed by atoms with Crippen molar-refractivity contribution in [1.82, 2.24) is 4.90 Å². The maximum absolute atomic E-state index is 13.4. The number of nitrogens with one attached hydrogen (secondary N) is 1. The van der Waals surface area contributed by atoms with Crippen LogP contribution in [0.1, 0.15) is 0 Å². The van der Waals surface area contributed by atoms with Gasteiger partial charge in [-0.25, -0.2) is 9.18 Å². The van der Waals surface area contributed by atoms with Crippen LogP contribution in [0.3, 0.4) is 0 Å². The van der Waals surface area contributed by atoms with Crippen LogP contribution in [0.25, 0.3) is 0 Å². The lowest BCUT2D eigenvalue weighted by Crippen LogP contribution is -2.34. The summed E-state index contributed by atoms with van der Waals surface area (Å²) in [6, 6.07) is 13.0. The molecule has 0 spiro atoms. The normalized spacial score (nSPS) is 10.0. The molecule has 5 nitrogen and oxygen atoms in total. The molecule has 0 aromatic heterocycles. The van der Waals surface area contributed by atoms with Crippen LogP contribution in [0.5, 0.6) is 11.5 Å². The molecule has 0 heterocycles. The molecule has 2 aromatic carbocycles. The van der Waals surface area contributed by atoms with E-state index in [1.165, 1.54) is 11.0 Å². The summed E-state index contributed by atoms with van der Waals surface area (Å²) in [7, 11) is 3.20. The Kier molecular flexibility index (Phi) is 5.80. The van der Waals surface area contributed by atoms with Crippen molar-refractivity contribution in [2.45, 2.75) is 0 Å². The number of anilines is 1. The van der Waals surface area contributed by atoms with E-state index < -0.39 is 5.82 Å². The van der Waals surface area contributed by atoms with Crippen molar-refractivity contribution in [3.05, 3.63) is 54.3 Å². The van der Waals surface area contributed by atoms with Crippen LogP contribution >= 0.6 is 0 Å². The van der Waals surface area contributed by atoms with Gasteiger partial charge >= 0.3 is 6.03 Å². The maximum Gasteiger partial charge on any atom is 0.321 e. The van der Waals surface area contributed by atoms with Gasteiger partial charge in [-0.3, -0.25) is 0 Å². The predicted octanol–water partition coefficient (Wildman–Crippen LogP) is 3.38. The molecular formula is C17H19FN2O3. The fraction of sp³-hybridized carbons (Fsp3) is 0.235. The van der Waals surface area contributed by atoms with E-state index in [-0.39, 0.29) is 18.4 Å². The number of methoxy groups -OCH3 is 1. The molecule has 2 rings (SSSR count).